The van der Waals surface area contributed by atoms with E-state index in [2.05, 4.69) is 15.1 Å². The summed E-state index contributed by atoms with van der Waals surface area (Å²) in [5.41, 5.74) is 0.667. The number of halogens is 2. The predicted molar refractivity (Wildman–Crippen MR) is 94.0 cm³/mol. The van der Waals surface area contributed by atoms with Gasteiger partial charge in [-0.15, -0.1) is 5.10 Å². The third-order valence-electron chi connectivity index (χ3n) is 6.43. The molecule has 1 aromatic carbocycles. The molecule has 7 heteroatoms. The summed E-state index contributed by atoms with van der Waals surface area (Å²) in [4.78, 5) is 17.3. The monoisotopic (exact) mass is 370 g/mol. The zero-order chi connectivity index (χ0) is 18.5. The maximum absolute atomic E-state index is 14.6. The van der Waals surface area contributed by atoms with Crippen molar-refractivity contribution in [2.45, 2.75) is 30.8 Å². The third kappa shape index (κ3) is 2.56. The van der Waals surface area contributed by atoms with E-state index in [-0.39, 0.29) is 23.9 Å². The first-order chi connectivity index (χ1) is 13.1. The molecule has 0 saturated carbocycles. The van der Waals surface area contributed by atoms with E-state index in [1.165, 1.54) is 6.20 Å². The number of aromatic nitrogens is 2. The normalized spacial score (nSPS) is 31.8. The second kappa shape index (κ2) is 6.34. The average Bonchev–Trinajstić information content (AvgIpc) is 3.14. The summed E-state index contributed by atoms with van der Waals surface area (Å²) in [6.07, 6.45) is 3.59. The Hall–Kier alpha value is -2.41. The Morgan fingerprint density at radius 2 is 1.89 bits per heavy atom. The summed E-state index contributed by atoms with van der Waals surface area (Å²) >= 11 is 0. The SMILES string of the molecule is O=C(c1cccnn1)N1C[C@@H](c2cccc(F)c2F)[C@@H]2[C@H]1C1CCN2CC1. The Balaban J connectivity index is 1.56. The number of carbonyl (C=O) groups excluding carboxylic acids is 1. The zero-order valence-electron chi connectivity index (χ0n) is 14.8. The van der Waals surface area contributed by atoms with Gasteiger partial charge < -0.3 is 4.90 Å². The van der Waals surface area contributed by atoms with Gasteiger partial charge in [-0.1, -0.05) is 12.1 Å². The van der Waals surface area contributed by atoms with Crippen LogP contribution in [0.15, 0.2) is 36.5 Å². The lowest BCUT2D eigenvalue weighted by Crippen LogP contribution is -2.60. The first kappa shape index (κ1) is 16.7. The van der Waals surface area contributed by atoms with E-state index in [1.807, 2.05) is 4.90 Å². The van der Waals surface area contributed by atoms with Crippen molar-refractivity contribution in [2.75, 3.05) is 19.6 Å². The van der Waals surface area contributed by atoms with Crippen molar-refractivity contribution in [3.8, 4) is 0 Å². The minimum Gasteiger partial charge on any atom is -0.332 e. The van der Waals surface area contributed by atoms with Gasteiger partial charge in [-0.05, 0) is 55.6 Å². The molecule has 4 aliphatic rings. The van der Waals surface area contributed by atoms with E-state index < -0.39 is 11.6 Å². The van der Waals surface area contributed by atoms with Gasteiger partial charge in [0.25, 0.3) is 5.91 Å². The number of benzene rings is 1. The number of hydrogen-bond acceptors (Lipinski definition) is 4. The van der Waals surface area contributed by atoms with E-state index in [9.17, 15) is 13.6 Å². The van der Waals surface area contributed by atoms with Crippen LogP contribution in [0, 0.1) is 17.6 Å². The van der Waals surface area contributed by atoms with Crippen LogP contribution in [0.1, 0.15) is 34.8 Å². The van der Waals surface area contributed by atoms with Gasteiger partial charge in [0.2, 0.25) is 0 Å². The van der Waals surface area contributed by atoms with Crippen molar-refractivity contribution in [1.29, 1.82) is 0 Å². The molecule has 0 spiro atoms. The quantitative estimate of drug-likeness (QED) is 0.815. The lowest BCUT2D eigenvalue weighted by atomic mass is 9.75. The Morgan fingerprint density at radius 3 is 2.63 bits per heavy atom. The molecule has 4 saturated heterocycles. The summed E-state index contributed by atoms with van der Waals surface area (Å²) in [6.45, 7) is 2.27. The molecule has 0 aliphatic carbocycles. The van der Waals surface area contributed by atoms with Crippen molar-refractivity contribution in [2.24, 2.45) is 5.92 Å². The van der Waals surface area contributed by atoms with Gasteiger partial charge in [0.1, 0.15) is 0 Å². The largest absolute Gasteiger partial charge is 0.332 e. The summed E-state index contributed by atoms with van der Waals surface area (Å²) in [7, 11) is 0. The molecular formula is C20H20F2N4O. The van der Waals surface area contributed by atoms with Crippen LogP contribution in [-0.2, 0) is 0 Å². The van der Waals surface area contributed by atoms with Crippen molar-refractivity contribution in [3.05, 3.63) is 59.4 Å². The molecule has 3 atom stereocenters. The standard InChI is InChI=1S/C20H20F2N4O/c21-15-4-1-3-13(17(15)22)14-11-26(20(27)16-5-2-8-23-24-16)18-12-6-9-25(10-7-12)19(14)18/h1-5,8,12,14,18-19H,6-7,9-11H2/t14-,18+,19+/m0/s1. The first-order valence-corrected chi connectivity index (χ1v) is 9.42. The van der Waals surface area contributed by atoms with Crippen LogP contribution >= 0.6 is 0 Å². The number of likely N-dealkylation sites (tertiary alicyclic amines) is 1. The molecule has 0 radical (unpaired) electrons. The fraction of sp³-hybridized carbons (Fsp3) is 0.450. The lowest BCUT2D eigenvalue weighted by Gasteiger charge is -2.51. The van der Waals surface area contributed by atoms with Crippen LogP contribution in [0.3, 0.4) is 0 Å². The lowest BCUT2D eigenvalue weighted by molar-refractivity contribution is -0.00379. The highest BCUT2D eigenvalue weighted by atomic mass is 19.2. The maximum Gasteiger partial charge on any atom is 0.274 e. The molecule has 140 valence electrons. The third-order valence-corrected chi connectivity index (χ3v) is 6.43. The van der Waals surface area contributed by atoms with Crippen LogP contribution in [0.2, 0.25) is 0 Å². The minimum absolute atomic E-state index is 0.00896. The number of nitrogens with zero attached hydrogens (tertiary/aromatic N) is 4. The molecule has 1 amide bonds. The van der Waals surface area contributed by atoms with E-state index in [4.69, 9.17) is 0 Å². The molecule has 4 aliphatic heterocycles. The highest BCUT2D eigenvalue weighted by Crippen LogP contribution is 2.47. The smallest absolute Gasteiger partial charge is 0.274 e. The van der Waals surface area contributed by atoms with Gasteiger partial charge >= 0.3 is 0 Å². The van der Waals surface area contributed by atoms with Crippen molar-refractivity contribution in [1.82, 2.24) is 20.0 Å². The zero-order valence-corrected chi connectivity index (χ0v) is 14.8. The van der Waals surface area contributed by atoms with Gasteiger partial charge in [0.15, 0.2) is 17.3 Å². The molecule has 27 heavy (non-hydrogen) atoms. The number of hydrogen-bond donors (Lipinski definition) is 0. The maximum atomic E-state index is 14.6. The molecule has 2 aromatic rings. The Bertz CT molecular complexity index is 870. The fourth-order valence-electron chi connectivity index (χ4n) is 5.30. The van der Waals surface area contributed by atoms with Crippen LogP contribution in [0.5, 0.6) is 0 Å². The molecule has 4 fully saturated rings. The van der Waals surface area contributed by atoms with Gasteiger partial charge in [0.05, 0.1) is 6.04 Å². The number of carbonyl (C=O) groups is 1. The molecule has 0 N–H and O–H groups in total. The highest BCUT2D eigenvalue weighted by Gasteiger charge is 2.55. The van der Waals surface area contributed by atoms with Gasteiger partial charge in [-0.25, -0.2) is 8.78 Å². The molecule has 0 unspecified atom stereocenters. The van der Waals surface area contributed by atoms with Crippen molar-refractivity contribution in [3.63, 3.8) is 0 Å². The Kier molecular flexibility index (Phi) is 3.93. The molecule has 5 heterocycles. The summed E-state index contributed by atoms with van der Waals surface area (Å²) < 4.78 is 28.5. The van der Waals surface area contributed by atoms with Crippen molar-refractivity contribution >= 4 is 5.91 Å². The van der Waals surface area contributed by atoms with Gasteiger partial charge in [-0.2, -0.15) is 5.10 Å². The number of rotatable bonds is 2. The van der Waals surface area contributed by atoms with Crippen molar-refractivity contribution < 1.29 is 13.6 Å². The van der Waals surface area contributed by atoms with E-state index in [1.54, 1.807) is 24.3 Å². The first-order valence-electron chi connectivity index (χ1n) is 9.42. The van der Waals surface area contributed by atoms with Crippen LogP contribution in [0.4, 0.5) is 8.78 Å². The van der Waals surface area contributed by atoms with E-state index >= 15 is 0 Å². The summed E-state index contributed by atoms with van der Waals surface area (Å²) in [5.74, 6) is -1.65. The number of amides is 1. The summed E-state index contributed by atoms with van der Waals surface area (Å²) in [5, 5.41) is 7.78. The Labute approximate surface area is 156 Å². The topological polar surface area (TPSA) is 49.3 Å². The molecule has 6 rings (SSSR count). The average molecular weight is 370 g/mol. The second-order valence-electron chi connectivity index (χ2n) is 7.67. The fourth-order valence-corrected chi connectivity index (χ4v) is 5.30. The van der Waals surface area contributed by atoms with Gasteiger partial charge in [0, 0.05) is 24.7 Å². The predicted octanol–water partition coefficient (Wildman–Crippen LogP) is 2.46. The second-order valence-corrected chi connectivity index (χ2v) is 7.67. The molecular weight excluding hydrogens is 350 g/mol. The number of piperidine rings is 3. The molecule has 2 bridgehead atoms. The van der Waals surface area contributed by atoms with E-state index in [0.29, 0.717) is 23.7 Å². The van der Waals surface area contributed by atoms with Gasteiger partial charge in [-0.3, -0.25) is 9.69 Å². The summed E-state index contributed by atoms with van der Waals surface area (Å²) in [6, 6.07) is 7.72. The van der Waals surface area contributed by atoms with Crippen LogP contribution in [-0.4, -0.2) is 57.6 Å². The number of fused-ring (bicyclic) bond motifs is 2. The molecule has 5 nitrogen and oxygen atoms in total. The minimum atomic E-state index is -0.835. The Morgan fingerprint density at radius 1 is 1.07 bits per heavy atom. The van der Waals surface area contributed by atoms with Crippen LogP contribution < -0.4 is 0 Å². The van der Waals surface area contributed by atoms with Crippen LogP contribution in [0.25, 0.3) is 0 Å². The highest BCUT2D eigenvalue weighted by molar-refractivity contribution is 5.92. The molecule has 1 aromatic heterocycles. The van der Waals surface area contributed by atoms with E-state index in [0.717, 1.165) is 32.0 Å².